The largest absolute Gasteiger partial charge is 0.497 e. The van der Waals surface area contributed by atoms with Crippen LogP contribution in [-0.2, 0) is 27.8 Å². The van der Waals surface area contributed by atoms with Gasteiger partial charge in [-0.1, -0.05) is 18.2 Å². The monoisotopic (exact) mass is 402 g/mol. The van der Waals surface area contributed by atoms with E-state index in [1.165, 1.54) is 20.2 Å². The molecule has 1 amide bonds. The summed E-state index contributed by atoms with van der Waals surface area (Å²) < 4.78 is 36.7. The maximum Gasteiger partial charge on any atom is 0.242 e. The number of sulfonamides is 1. The third kappa shape index (κ3) is 4.02. The Bertz CT molecular complexity index is 1100. The molecule has 3 aromatic rings. The van der Waals surface area contributed by atoms with Gasteiger partial charge in [0.1, 0.15) is 11.3 Å². The molecule has 1 aromatic heterocycles. The van der Waals surface area contributed by atoms with E-state index in [4.69, 9.17) is 9.15 Å². The summed E-state index contributed by atoms with van der Waals surface area (Å²) in [7, 11) is 0.942. The number of ether oxygens (including phenoxy) is 1. The number of hydrogen-bond donors (Lipinski definition) is 1. The van der Waals surface area contributed by atoms with Crippen LogP contribution in [0, 0.1) is 0 Å². The van der Waals surface area contributed by atoms with Crippen molar-refractivity contribution in [1.29, 1.82) is 0 Å². The summed E-state index contributed by atoms with van der Waals surface area (Å²) in [5.74, 6) is 0.451. The van der Waals surface area contributed by atoms with E-state index in [1.54, 1.807) is 37.6 Å². The predicted octanol–water partition coefficient (Wildman–Crippen LogP) is 2.55. The maximum atomic E-state index is 12.4. The third-order valence-electron chi connectivity index (χ3n) is 4.42. The SMILES string of the molecule is COc1ccc2c(CC(=O)NCc3ccccc3S(=O)(=O)N(C)C)coc2c1. The van der Waals surface area contributed by atoms with Crippen molar-refractivity contribution in [2.45, 2.75) is 17.9 Å². The first-order valence-corrected chi connectivity index (χ1v) is 10.1. The van der Waals surface area contributed by atoms with E-state index in [0.29, 0.717) is 16.9 Å². The minimum absolute atomic E-state index is 0.117. The number of rotatable bonds is 7. The lowest BCUT2D eigenvalue weighted by molar-refractivity contribution is -0.120. The first-order valence-electron chi connectivity index (χ1n) is 8.64. The van der Waals surface area contributed by atoms with Gasteiger partial charge in [-0.15, -0.1) is 0 Å². The molecule has 0 saturated carbocycles. The molecule has 28 heavy (non-hydrogen) atoms. The molecule has 0 spiro atoms. The van der Waals surface area contributed by atoms with Crippen molar-refractivity contribution in [2.75, 3.05) is 21.2 Å². The summed E-state index contributed by atoms with van der Waals surface area (Å²) >= 11 is 0. The number of fused-ring (bicyclic) bond motifs is 1. The fourth-order valence-electron chi connectivity index (χ4n) is 2.85. The quantitative estimate of drug-likeness (QED) is 0.656. The van der Waals surface area contributed by atoms with Crippen LogP contribution in [-0.4, -0.2) is 39.8 Å². The van der Waals surface area contributed by atoms with Crippen LogP contribution in [0.25, 0.3) is 11.0 Å². The van der Waals surface area contributed by atoms with Gasteiger partial charge in [-0.3, -0.25) is 4.79 Å². The number of benzene rings is 2. The molecule has 3 rings (SSSR count). The summed E-state index contributed by atoms with van der Waals surface area (Å²) in [4.78, 5) is 12.6. The number of methoxy groups -OCH3 is 1. The second kappa shape index (κ2) is 8.04. The van der Waals surface area contributed by atoms with Crippen LogP contribution in [0.1, 0.15) is 11.1 Å². The van der Waals surface area contributed by atoms with Crippen LogP contribution < -0.4 is 10.1 Å². The minimum Gasteiger partial charge on any atom is -0.497 e. The molecule has 0 aliphatic carbocycles. The fraction of sp³-hybridized carbons (Fsp3) is 0.250. The van der Waals surface area contributed by atoms with Gasteiger partial charge in [-0.05, 0) is 23.8 Å². The Balaban J connectivity index is 1.72. The van der Waals surface area contributed by atoms with Crippen molar-refractivity contribution in [3.8, 4) is 5.75 Å². The maximum absolute atomic E-state index is 12.4. The molecular formula is C20H22N2O5S. The third-order valence-corrected chi connectivity index (χ3v) is 6.34. The lowest BCUT2D eigenvalue weighted by Crippen LogP contribution is -2.27. The molecule has 7 nitrogen and oxygen atoms in total. The van der Waals surface area contributed by atoms with Crippen LogP contribution in [0.2, 0.25) is 0 Å². The smallest absolute Gasteiger partial charge is 0.242 e. The van der Waals surface area contributed by atoms with Gasteiger partial charge in [0, 0.05) is 37.7 Å². The number of amides is 1. The van der Waals surface area contributed by atoms with Crippen molar-refractivity contribution in [3.63, 3.8) is 0 Å². The molecule has 0 saturated heterocycles. The van der Waals surface area contributed by atoms with E-state index in [9.17, 15) is 13.2 Å². The minimum atomic E-state index is -3.59. The van der Waals surface area contributed by atoms with Gasteiger partial charge in [0.2, 0.25) is 15.9 Å². The summed E-state index contributed by atoms with van der Waals surface area (Å²) in [6, 6.07) is 12.0. The number of nitrogens with zero attached hydrogens (tertiary/aromatic N) is 1. The van der Waals surface area contributed by atoms with Gasteiger partial charge in [0.05, 0.1) is 24.7 Å². The normalized spacial score (nSPS) is 11.7. The van der Waals surface area contributed by atoms with E-state index < -0.39 is 10.0 Å². The van der Waals surface area contributed by atoms with E-state index in [0.717, 1.165) is 15.3 Å². The average molecular weight is 402 g/mol. The lowest BCUT2D eigenvalue weighted by atomic mass is 10.1. The Morgan fingerprint density at radius 1 is 1.14 bits per heavy atom. The highest BCUT2D eigenvalue weighted by Gasteiger charge is 2.21. The number of hydrogen-bond acceptors (Lipinski definition) is 5. The van der Waals surface area contributed by atoms with E-state index >= 15 is 0 Å². The van der Waals surface area contributed by atoms with Gasteiger partial charge >= 0.3 is 0 Å². The first-order chi connectivity index (χ1) is 13.3. The van der Waals surface area contributed by atoms with Gasteiger partial charge in [0.15, 0.2) is 0 Å². The summed E-state index contributed by atoms with van der Waals surface area (Å²) in [5, 5.41) is 3.63. The molecule has 148 valence electrons. The standard InChI is InChI=1S/C20H22N2O5S/c1-22(2)28(24,25)19-7-5-4-6-14(19)12-21-20(23)10-15-13-27-18-11-16(26-3)8-9-17(15)18/h4-9,11,13H,10,12H2,1-3H3,(H,21,23). The second-order valence-electron chi connectivity index (χ2n) is 6.47. The van der Waals surface area contributed by atoms with Crippen LogP contribution in [0.15, 0.2) is 58.0 Å². The highest BCUT2D eigenvalue weighted by Crippen LogP contribution is 2.26. The van der Waals surface area contributed by atoms with E-state index in [1.807, 2.05) is 12.1 Å². The van der Waals surface area contributed by atoms with Crippen LogP contribution >= 0.6 is 0 Å². The highest BCUT2D eigenvalue weighted by atomic mass is 32.2. The molecule has 1 heterocycles. The molecule has 0 atom stereocenters. The Morgan fingerprint density at radius 3 is 2.61 bits per heavy atom. The summed E-state index contributed by atoms with van der Waals surface area (Å²) in [5.41, 5.74) is 1.93. The van der Waals surface area contributed by atoms with Crippen molar-refractivity contribution < 1.29 is 22.4 Å². The van der Waals surface area contributed by atoms with Crippen LogP contribution in [0.4, 0.5) is 0 Å². The molecular weight excluding hydrogens is 380 g/mol. The fourth-order valence-corrected chi connectivity index (χ4v) is 3.97. The number of furan rings is 1. The second-order valence-corrected chi connectivity index (χ2v) is 8.59. The molecule has 0 aliphatic heterocycles. The van der Waals surface area contributed by atoms with Gasteiger partial charge in [-0.25, -0.2) is 12.7 Å². The molecule has 2 aromatic carbocycles. The zero-order chi connectivity index (χ0) is 20.3. The molecule has 0 fully saturated rings. The number of nitrogens with one attached hydrogen (secondary N) is 1. The Labute approximate surface area is 163 Å². The van der Waals surface area contributed by atoms with Crippen LogP contribution in [0.3, 0.4) is 0 Å². The Hall–Kier alpha value is -2.84. The van der Waals surface area contributed by atoms with E-state index in [-0.39, 0.29) is 23.8 Å². The average Bonchev–Trinajstić information content (AvgIpc) is 3.08. The molecule has 8 heteroatoms. The van der Waals surface area contributed by atoms with Gasteiger partial charge < -0.3 is 14.5 Å². The zero-order valence-corrected chi connectivity index (χ0v) is 16.7. The first kappa shape index (κ1) is 19.9. The van der Waals surface area contributed by atoms with Crippen molar-refractivity contribution in [2.24, 2.45) is 0 Å². The molecule has 0 aliphatic rings. The van der Waals surface area contributed by atoms with Crippen molar-refractivity contribution >= 4 is 26.9 Å². The van der Waals surface area contributed by atoms with Gasteiger partial charge in [0.25, 0.3) is 0 Å². The molecule has 0 radical (unpaired) electrons. The topological polar surface area (TPSA) is 88.8 Å². The Morgan fingerprint density at radius 2 is 1.89 bits per heavy atom. The molecule has 0 unspecified atom stereocenters. The number of carbonyl (C=O) groups is 1. The number of carbonyl (C=O) groups excluding carboxylic acids is 1. The molecule has 1 N–H and O–H groups in total. The highest BCUT2D eigenvalue weighted by molar-refractivity contribution is 7.89. The summed E-state index contributed by atoms with van der Waals surface area (Å²) in [6.45, 7) is 0.117. The lowest BCUT2D eigenvalue weighted by Gasteiger charge is -2.15. The van der Waals surface area contributed by atoms with Crippen LogP contribution in [0.5, 0.6) is 5.75 Å². The van der Waals surface area contributed by atoms with E-state index in [2.05, 4.69) is 5.32 Å². The van der Waals surface area contributed by atoms with Gasteiger partial charge in [-0.2, -0.15) is 0 Å². The Kier molecular flexibility index (Phi) is 5.71. The predicted molar refractivity (Wildman–Crippen MR) is 106 cm³/mol. The van der Waals surface area contributed by atoms with Crippen molar-refractivity contribution in [1.82, 2.24) is 9.62 Å². The van der Waals surface area contributed by atoms with Crippen molar-refractivity contribution in [3.05, 3.63) is 59.9 Å². The summed E-state index contributed by atoms with van der Waals surface area (Å²) in [6.07, 6.45) is 1.68. The zero-order valence-electron chi connectivity index (χ0n) is 15.9. The molecule has 0 bridgehead atoms.